The first-order chi connectivity index (χ1) is 14.5. The number of benzene rings is 2. The molecule has 160 valence electrons. The van der Waals surface area contributed by atoms with E-state index in [2.05, 4.69) is 10.6 Å². The number of carbonyl (C=O) groups is 2. The van der Waals surface area contributed by atoms with Gasteiger partial charge in [0, 0.05) is 24.7 Å². The van der Waals surface area contributed by atoms with Crippen LogP contribution in [0.3, 0.4) is 0 Å². The van der Waals surface area contributed by atoms with E-state index in [-0.39, 0.29) is 30.9 Å². The average molecular weight is 415 g/mol. The van der Waals surface area contributed by atoms with Crippen molar-refractivity contribution in [3.63, 3.8) is 0 Å². The van der Waals surface area contributed by atoms with Gasteiger partial charge in [-0.3, -0.25) is 4.79 Å². The Bertz CT molecular complexity index is 888. The van der Waals surface area contributed by atoms with Crippen LogP contribution in [0.1, 0.15) is 30.0 Å². The molecule has 3 amide bonds. The fourth-order valence-electron chi connectivity index (χ4n) is 3.59. The molecule has 0 bridgehead atoms. The number of nitrogens with zero attached hydrogens (tertiary/aromatic N) is 1. The molecule has 2 aromatic carbocycles. The van der Waals surface area contributed by atoms with E-state index in [1.54, 1.807) is 37.3 Å². The van der Waals surface area contributed by atoms with Gasteiger partial charge >= 0.3 is 6.03 Å². The highest BCUT2D eigenvalue weighted by Crippen LogP contribution is 2.38. The molecule has 3 rings (SSSR count). The summed E-state index contributed by atoms with van der Waals surface area (Å²) in [6.07, 6.45) is 1.70. The molecule has 1 aliphatic rings. The summed E-state index contributed by atoms with van der Waals surface area (Å²) < 4.78 is 23.7. The molecule has 1 fully saturated rings. The maximum absolute atomic E-state index is 12.9. The van der Waals surface area contributed by atoms with E-state index >= 15 is 0 Å². The molecule has 1 saturated heterocycles. The number of likely N-dealkylation sites (tertiary alicyclic amines) is 1. The summed E-state index contributed by atoms with van der Waals surface area (Å²) in [4.78, 5) is 26.5. The van der Waals surface area contributed by atoms with Gasteiger partial charge in [-0.1, -0.05) is 12.1 Å². The van der Waals surface area contributed by atoms with Crippen molar-refractivity contribution in [2.45, 2.75) is 25.4 Å². The maximum Gasteiger partial charge on any atom is 0.315 e. The number of hydrogen-bond acceptors (Lipinski definition) is 4. The number of methoxy groups -OCH3 is 2. The lowest BCUT2D eigenvalue weighted by Gasteiger charge is -2.26. The quantitative estimate of drug-likeness (QED) is 0.729. The molecule has 2 aromatic rings. The SMILES string of the molecule is COc1ccc(C2CCCN2C(=O)CNC(=O)NCc2ccc(F)cc2)c(OC)c1. The van der Waals surface area contributed by atoms with Crippen molar-refractivity contribution >= 4 is 11.9 Å². The number of hydrogen-bond donors (Lipinski definition) is 2. The van der Waals surface area contributed by atoms with Crippen LogP contribution in [-0.2, 0) is 11.3 Å². The monoisotopic (exact) mass is 415 g/mol. The molecule has 1 aliphatic heterocycles. The maximum atomic E-state index is 12.9. The number of amides is 3. The lowest BCUT2D eigenvalue weighted by Crippen LogP contribution is -2.43. The summed E-state index contributed by atoms with van der Waals surface area (Å²) in [6, 6.07) is 10.9. The van der Waals surface area contributed by atoms with Gasteiger partial charge in [0.2, 0.25) is 5.91 Å². The smallest absolute Gasteiger partial charge is 0.315 e. The Hall–Kier alpha value is -3.29. The topological polar surface area (TPSA) is 79.9 Å². The molecule has 1 atom stereocenters. The second-order valence-corrected chi connectivity index (χ2v) is 7.02. The van der Waals surface area contributed by atoms with E-state index in [9.17, 15) is 14.0 Å². The van der Waals surface area contributed by atoms with Crippen molar-refractivity contribution < 1.29 is 23.5 Å². The van der Waals surface area contributed by atoms with E-state index < -0.39 is 6.03 Å². The van der Waals surface area contributed by atoms with Crippen molar-refractivity contribution in [1.82, 2.24) is 15.5 Å². The van der Waals surface area contributed by atoms with Gasteiger partial charge < -0.3 is 25.0 Å². The van der Waals surface area contributed by atoms with Crippen molar-refractivity contribution in [2.75, 3.05) is 27.3 Å². The second kappa shape index (κ2) is 9.96. The molecule has 8 heteroatoms. The molecule has 0 aromatic heterocycles. The summed E-state index contributed by atoms with van der Waals surface area (Å²) in [5, 5.41) is 5.25. The predicted octanol–water partition coefficient (Wildman–Crippen LogP) is 3.01. The lowest BCUT2D eigenvalue weighted by atomic mass is 10.0. The zero-order valence-corrected chi connectivity index (χ0v) is 17.1. The molecular weight excluding hydrogens is 389 g/mol. The molecule has 1 unspecified atom stereocenters. The highest BCUT2D eigenvalue weighted by atomic mass is 19.1. The Morgan fingerprint density at radius 1 is 1.10 bits per heavy atom. The minimum atomic E-state index is -0.453. The van der Waals surface area contributed by atoms with Crippen molar-refractivity contribution in [3.8, 4) is 11.5 Å². The fourth-order valence-corrected chi connectivity index (χ4v) is 3.59. The first kappa shape index (κ1) is 21.4. The summed E-state index contributed by atoms with van der Waals surface area (Å²) >= 11 is 0. The normalized spacial score (nSPS) is 15.6. The number of halogens is 1. The van der Waals surface area contributed by atoms with E-state index in [1.807, 2.05) is 12.1 Å². The third-order valence-corrected chi connectivity index (χ3v) is 5.14. The summed E-state index contributed by atoms with van der Waals surface area (Å²) in [6.45, 7) is 0.761. The van der Waals surface area contributed by atoms with Crippen LogP contribution in [0.2, 0.25) is 0 Å². The minimum absolute atomic E-state index is 0.107. The van der Waals surface area contributed by atoms with Gasteiger partial charge in [0.15, 0.2) is 0 Å². The van der Waals surface area contributed by atoms with Gasteiger partial charge in [-0.05, 0) is 42.7 Å². The third kappa shape index (κ3) is 5.20. The second-order valence-electron chi connectivity index (χ2n) is 7.02. The Morgan fingerprint density at radius 3 is 2.57 bits per heavy atom. The van der Waals surface area contributed by atoms with Crippen LogP contribution in [0.4, 0.5) is 9.18 Å². The fraction of sp³-hybridized carbons (Fsp3) is 0.364. The number of carbonyl (C=O) groups excluding carboxylic acids is 2. The molecular formula is C22H26FN3O4. The van der Waals surface area contributed by atoms with Crippen LogP contribution in [-0.4, -0.2) is 44.1 Å². The molecule has 30 heavy (non-hydrogen) atoms. The van der Waals surface area contributed by atoms with Crippen molar-refractivity contribution in [1.29, 1.82) is 0 Å². The molecule has 0 saturated carbocycles. The van der Waals surface area contributed by atoms with Gasteiger partial charge in [0.1, 0.15) is 17.3 Å². The summed E-state index contributed by atoms with van der Waals surface area (Å²) in [7, 11) is 3.18. The summed E-state index contributed by atoms with van der Waals surface area (Å²) in [5.41, 5.74) is 1.69. The first-order valence-electron chi connectivity index (χ1n) is 9.79. The minimum Gasteiger partial charge on any atom is -0.497 e. The Balaban J connectivity index is 1.55. The van der Waals surface area contributed by atoms with Crippen LogP contribution in [0.5, 0.6) is 11.5 Å². The van der Waals surface area contributed by atoms with E-state index in [4.69, 9.17) is 9.47 Å². The van der Waals surface area contributed by atoms with Gasteiger partial charge in [0.05, 0.1) is 26.8 Å². The van der Waals surface area contributed by atoms with Crippen LogP contribution < -0.4 is 20.1 Å². The van der Waals surface area contributed by atoms with Crippen LogP contribution in [0, 0.1) is 5.82 Å². The Kier molecular flexibility index (Phi) is 7.11. The highest BCUT2D eigenvalue weighted by molar-refractivity contribution is 5.84. The van der Waals surface area contributed by atoms with Gasteiger partial charge in [-0.2, -0.15) is 0 Å². The zero-order valence-electron chi connectivity index (χ0n) is 17.1. The Morgan fingerprint density at radius 2 is 1.87 bits per heavy atom. The van der Waals surface area contributed by atoms with Gasteiger partial charge in [-0.15, -0.1) is 0 Å². The molecule has 0 radical (unpaired) electrons. The molecule has 7 nitrogen and oxygen atoms in total. The van der Waals surface area contributed by atoms with Crippen LogP contribution in [0.15, 0.2) is 42.5 Å². The largest absolute Gasteiger partial charge is 0.497 e. The van der Waals surface area contributed by atoms with Gasteiger partial charge in [-0.25, -0.2) is 9.18 Å². The Labute approximate surface area is 175 Å². The van der Waals surface area contributed by atoms with Crippen LogP contribution in [0.25, 0.3) is 0 Å². The number of nitrogens with one attached hydrogen (secondary N) is 2. The van der Waals surface area contributed by atoms with E-state index in [1.165, 1.54) is 12.1 Å². The van der Waals surface area contributed by atoms with Crippen LogP contribution >= 0.6 is 0 Å². The molecule has 2 N–H and O–H groups in total. The van der Waals surface area contributed by atoms with Crippen molar-refractivity contribution in [2.24, 2.45) is 0 Å². The predicted molar refractivity (Wildman–Crippen MR) is 110 cm³/mol. The summed E-state index contributed by atoms with van der Waals surface area (Å²) in [5.74, 6) is 0.866. The standard InChI is InChI=1S/C22H26FN3O4/c1-29-17-9-10-18(20(12-17)30-2)19-4-3-11-26(19)21(27)14-25-22(28)24-13-15-5-7-16(23)8-6-15/h5-10,12,19H,3-4,11,13-14H2,1-2H3,(H2,24,25,28). The number of urea groups is 1. The first-order valence-corrected chi connectivity index (χ1v) is 9.79. The molecule has 0 aliphatic carbocycles. The third-order valence-electron chi connectivity index (χ3n) is 5.14. The van der Waals surface area contributed by atoms with Gasteiger partial charge in [0.25, 0.3) is 0 Å². The zero-order chi connectivity index (χ0) is 21.5. The molecule has 1 heterocycles. The number of ether oxygens (including phenoxy) is 2. The average Bonchev–Trinajstić information content (AvgIpc) is 3.26. The number of rotatable bonds is 7. The van der Waals surface area contributed by atoms with Crippen molar-refractivity contribution in [3.05, 3.63) is 59.4 Å². The molecule has 0 spiro atoms. The lowest BCUT2D eigenvalue weighted by molar-refractivity contribution is -0.131. The van der Waals surface area contributed by atoms with E-state index in [0.29, 0.717) is 18.0 Å². The van der Waals surface area contributed by atoms with E-state index in [0.717, 1.165) is 24.0 Å². The highest BCUT2D eigenvalue weighted by Gasteiger charge is 2.32.